The third-order valence-corrected chi connectivity index (χ3v) is 8.57. The molecule has 3 heterocycles. The lowest BCUT2D eigenvalue weighted by molar-refractivity contribution is 1.13. The summed E-state index contributed by atoms with van der Waals surface area (Å²) in [5.74, 6) is 0. The highest BCUT2D eigenvalue weighted by atomic mass is 15.0. The van der Waals surface area contributed by atoms with E-state index < -0.39 is 0 Å². The number of rotatable bonds is 3. The number of fused-ring (bicyclic) bond motifs is 7. The van der Waals surface area contributed by atoms with Gasteiger partial charge < -0.3 is 9.13 Å². The van der Waals surface area contributed by atoms with Gasteiger partial charge in [-0.15, -0.1) is 0 Å². The van der Waals surface area contributed by atoms with Gasteiger partial charge in [-0.05, 0) is 99.9 Å². The maximum absolute atomic E-state index is 4.50. The normalized spacial score (nSPS) is 11.8. The van der Waals surface area contributed by atoms with Gasteiger partial charge in [-0.1, -0.05) is 60.7 Å². The largest absolute Gasteiger partial charge is 0.317 e. The van der Waals surface area contributed by atoms with Gasteiger partial charge >= 0.3 is 0 Å². The Morgan fingerprint density at radius 1 is 0.452 bits per heavy atom. The van der Waals surface area contributed by atoms with Crippen LogP contribution in [0.25, 0.3) is 76.8 Å². The first-order valence-corrected chi connectivity index (χ1v) is 14.3. The van der Waals surface area contributed by atoms with Gasteiger partial charge in [0.1, 0.15) is 0 Å². The SMILES string of the molecule is c1ccc(-n2ccc3cc4c(cc(-c5cccnc5)c5cc6c(cc54)c4ccccc4n6-c4ccccc4)cc32)cc1. The summed E-state index contributed by atoms with van der Waals surface area (Å²) in [6, 6.07) is 48.2. The predicted octanol–water partition coefficient (Wildman–Crippen LogP) is 10.1. The molecule has 3 aromatic heterocycles. The van der Waals surface area contributed by atoms with Crippen LogP contribution in [-0.4, -0.2) is 14.1 Å². The second-order valence-corrected chi connectivity index (χ2v) is 10.9. The standard InChI is InChI=1S/C39H25N3/c1-3-11-29(12-4-1)41-19-17-26-20-33-28(22-38(26)41)21-32(27-10-9-18-40-25-27)35-24-39-36(23-34(33)35)31-15-7-8-16-37(31)42(39)30-13-5-2-6-14-30/h1-25H. The fraction of sp³-hybridized carbons (Fsp3) is 0. The zero-order valence-electron chi connectivity index (χ0n) is 22.8. The number of nitrogens with zero attached hydrogens (tertiary/aromatic N) is 3. The van der Waals surface area contributed by atoms with E-state index in [9.17, 15) is 0 Å². The van der Waals surface area contributed by atoms with Crippen molar-refractivity contribution >= 4 is 54.3 Å². The van der Waals surface area contributed by atoms with Crippen molar-refractivity contribution in [1.29, 1.82) is 0 Å². The van der Waals surface area contributed by atoms with Crippen LogP contribution in [0.5, 0.6) is 0 Å². The molecule has 0 spiro atoms. The van der Waals surface area contributed by atoms with E-state index >= 15 is 0 Å². The van der Waals surface area contributed by atoms with Crippen LogP contribution in [-0.2, 0) is 0 Å². The van der Waals surface area contributed by atoms with Crippen molar-refractivity contribution in [2.24, 2.45) is 0 Å². The maximum atomic E-state index is 4.50. The Morgan fingerprint density at radius 3 is 2.05 bits per heavy atom. The Balaban J connectivity index is 1.44. The third kappa shape index (κ3) is 3.37. The molecule has 196 valence electrons. The minimum absolute atomic E-state index is 1.12. The molecule has 0 unspecified atom stereocenters. The van der Waals surface area contributed by atoms with Gasteiger partial charge in [-0.25, -0.2) is 0 Å². The van der Waals surface area contributed by atoms with E-state index in [1.165, 1.54) is 59.8 Å². The van der Waals surface area contributed by atoms with E-state index in [-0.39, 0.29) is 0 Å². The molecule has 0 aliphatic carbocycles. The fourth-order valence-electron chi connectivity index (χ4n) is 6.68. The molecule has 3 heteroatoms. The quantitative estimate of drug-likeness (QED) is 0.206. The summed E-state index contributed by atoms with van der Waals surface area (Å²) in [6.45, 7) is 0. The molecule has 0 radical (unpaired) electrons. The number of hydrogen-bond donors (Lipinski definition) is 0. The number of aromatic nitrogens is 3. The lowest BCUT2D eigenvalue weighted by Gasteiger charge is -2.14. The van der Waals surface area contributed by atoms with Crippen LogP contribution in [0, 0.1) is 0 Å². The van der Waals surface area contributed by atoms with Crippen molar-refractivity contribution in [2.75, 3.05) is 0 Å². The Kier molecular flexibility index (Phi) is 4.90. The van der Waals surface area contributed by atoms with Gasteiger partial charge in [-0.2, -0.15) is 0 Å². The van der Waals surface area contributed by atoms with Crippen molar-refractivity contribution in [2.45, 2.75) is 0 Å². The molecule has 9 rings (SSSR count). The predicted molar refractivity (Wildman–Crippen MR) is 176 cm³/mol. The lowest BCUT2D eigenvalue weighted by Crippen LogP contribution is -1.94. The molecule has 0 saturated heterocycles. The minimum Gasteiger partial charge on any atom is -0.317 e. The Labute approximate surface area is 242 Å². The summed E-state index contributed by atoms with van der Waals surface area (Å²) in [4.78, 5) is 4.50. The van der Waals surface area contributed by atoms with Gasteiger partial charge in [0.05, 0.1) is 16.6 Å². The van der Waals surface area contributed by atoms with Crippen molar-refractivity contribution in [1.82, 2.24) is 14.1 Å². The van der Waals surface area contributed by atoms with Crippen LogP contribution in [0.1, 0.15) is 0 Å². The van der Waals surface area contributed by atoms with Crippen molar-refractivity contribution in [3.05, 3.63) is 152 Å². The zero-order chi connectivity index (χ0) is 27.6. The number of pyridine rings is 1. The number of benzene rings is 6. The molecular weight excluding hydrogens is 510 g/mol. The van der Waals surface area contributed by atoms with E-state index in [0.717, 1.165) is 16.9 Å². The van der Waals surface area contributed by atoms with Crippen LogP contribution in [0.3, 0.4) is 0 Å². The molecule has 0 bridgehead atoms. The summed E-state index contributed by atoms with van der Waals surface area (Å²) in [5, 5.41) is 8.70. The second-order valence-electron chi connectivity index (χ2n) is 10.9. The Hall–Kier alpha value is -5.67. The van der Waals surface area contributed by atoms with E-state index in [0.29, 0.717) is 0 Å². The topological polar surface area (TPSA) is 22.8 Å². The maximum Gasteiger partial charge on any atom is 0.0547 e. The van der Waals surface area contributed by atoms with E-state index in [4.69, 9.17) is 0 Å². The smallest absolute Gasteiger partial charge is 0.0547 e. The highest BCUT2D eigenvalue weighted by Gasteiger charge is 2.17. The lowest BCUT2D eigenvalue weighted by atomic mass is 9.92. The van der Waals surface area contributed by atoms with Gasteiger partial charge in [0, 0.05) is 51.7 Å². The summed E-state index contributed by atoms with van der Waals surface area (Å²) in [7, 11) is 0. The van der Waals surface area contributed by atoms with Crippen LogP contribution in [0.4, 0.5) is 0 Å². The third-order valence-electron chi connectivity index (χ3n) is 8.57. The van der Waals surface area contributed by atoms with Crippen LogP contribution < -0.4 is 0 Å². The molecule has 0 N–H and O–H groups in total. The zero-order valence-corrected chi connectivity index (χ0v) is 22.8. The molecule has 6 aromatic carbocycles. The summed E-state index contributed by atoms with van der Waals surface area (Å²) in [6.07, 6.45) is 5.99. The highest BCUT2D eigenvalue weighted by Crippen LogP contribution is 2.42. The van der Waals surface area contributed by atoms with Crippen LogP contribution in [0.15, 0.2) is 152 Å². The molecule has 0 aliphatic heterocycles. The van der Waals surface area contributed by atoms with Crippen molar-refractivity contribution in [3.63, 3.8) is 0 Å². The highest BCUT2D eigenvalue weighted by molar-refractivity contribution is 6.22. The monoisotopic (exact) mass is 535 g/mol. The number of hydrogen-bond acceptors (Lipinski definition) is 1. The first kappa shape index (κ1) is 23.1. The summed E-state index contributed by atoms with van der Waals surface area (Å²) in [5.41, 5.74) is 8.25. The molecule has 0 aliphatic rings. The molecule has 0 saturated carbocycles. The Morgan fingerprint density at radius 2 is 1.24 bits per heavy atom. The summed E-state index contributed by atoms with van der Waals surface area (Å²) >= 11 is 0. The first-order chi connectivity index (χ1) is 20.8. The molecule has 0 fully saturated rings. The molecule has 0 atom stereocenters. The van der Waals surface area contributed by atoms with E-state index in [1.54, 1.807) is 0 Å². The molecule has 0 amide bonds. The van der Waals surface area contributed by atoms with Crippen molar-refractivity contribution < 1.29 is 0 Å². The Bertz CT molecular complexity index is 2430. The minimum atomic E-state index is 1.12. The van der Waals surface area contributed by atoms with Crippen molar-refractivity contribution in [3.8, 4) is 22.5 Å². The van der Waals surface area contributed by atoms with E-state index in [1.807, 2.05) is 18.5 Å². The summed E-state index contributed by atoms with van der Waals surface area (Å²) < 4.78 is 4.67. The van der Waals surface area contributed by atoms with Gasteiger partial charge in [0.25, 0.3) is 0 Å². The van der Waals surface area contributed by atoms with Crippen LogP contribution in [0.2, 0.25) is 0 Å². The number of para-hydroxylation sites is 3. The molecule has 9 aromatic rings. The first-order valence-electron chi connectivity index (χ1n) is 14.3. The average molecular weight is 536 g/mol. The van der Waals surface area contributed by atoms with Gasteiger partial charge in [-0.3, -0.25) is 4.98 Å². The van der Waals surface area contributed by atoms with Crippen LogP contribution >= 0.6 is 0 Å². The van der Waals surface area contributed by atoms with Gasteiger partial charge in [0.15, 0.2) is 0 Å². The molecular formula is C39H25N3. The molecule has 42 heavy (non-hydrogen) atoms. The molecule has 3 nitrogen and oxygen atoms in total. The van der Waals surface area contributed by atoms with Gasteiger partial charge in [0.2, 0.25) is 0 Å². The second kappa shape index (κ2) is 8.92. The fourth-order valence-corrected chi connectivity index (χ4v) is 6.68. The average Bonchev–Trinajstić information content (AvgIpc) is 3.62. The van der Waals surface area contributed by atoms with E-state index in [2.05, 4.69) is 148 Å².